The summed E-state index contributed by atoms with van der Waals surface area (Å²) in [6, 6.07) is 6.99. The van der Waals surface area contributed by atoms with Crippen LogP contribution in [0.15, 0.2) is 29.2 Å². The van der Waals surface area contributed by atoms with Crippen LogP contribution in [0.1, 0.15) is 24.9 Å². The Morgan fingerprint density at radius 2 is 2.11 bits per heavy atom. The van der Waals surface area contributed by atoms with E-state index in [9.17, 15) is 8.42 Å². The van der Waals surface area contributed by atoms with E-state index in [-0.39, 0.29) is 10.9 Å². The molecule has 4 nitrogen and oxygen atoms in total. The molecule has 1 aliphatic rings. The molecule has 6 heteroatoms. The van der Waals surface area contributed by atoms with E-state index in [1.54, 1.807) is 12.1 Å². The number of thioether (sulfide) groups is 1. The highest BCUT2D eigenvalue weighted by Gasteiger charge is 2.16. The molecular formula is C13H20N2O2S2. The normalized spacial score (nSPS) is 21.5. The fourth-order valence-electron chi connectivity index (χ4n) is 2.15. The van der Waals surface area contributed by atoms with Gasteiger partial charge in [-0.25, -0.2) is 13.6 Å². The Morgan fingerprint density at radius 3 is 2.63 bits per heavy atom. The van der Waals surface area contributed by atoms with Gasteiger partial charge < -0.3 is 5.32 Å². The van der Waals surface area contributed by atoms with Crippen molar-refractivity contribution in [1.82, 2.24) is 5.32 Å². The van der Waals surface area contributed by atoms with Crippen molar-refractivity contribution in [3.63, 3.8) is 0 Å². The largest absolute Gasteiger partial charge is 0.310 e. The fourth-order valence-corrected chi connectivity index (χ4v) is 3.95. The maximum Gasteiger partial charge on any atom is 0.238 e. The van der Waals surface area contributed by atoms with E-state index >= 15 is 0 Å². The summed E-state index contributed by atoms with van der Waals surface area (Å²) in [4.78, 5) is 0.163. The highest BCUT2D eigenvalue weighted by molar-refractivity contribution is 7.99. The van der Waals surface area contributed by atoms with Gasteiger partial charge in [-0.2, -0.15) is 11.8 Å². The van der Waals surface area contributed by atoms with E-state index in [4.69, 9.17) is 5.14 Å². The minimum atomic E-state index is -3.59. The summed E-state index contributed by atoms with van der Waals surface area (Å²) in [6.45, 7) is 3.11. The third-order valence-electron chi connectivity index (χ3n) is 3.45. The summed E-state index contributed by atoms with van der Waals surface area (Å²) in [7, 11) is -3.59. The Balaban J connectivity index is 1.93. The van der Waals surface area contributed by atoms with Gasteiger partial charge in [0.2, 0.25) is 10.0 Å². The predicted octanol–water partition coefficient (Wildman–Crippen LogP) is 1.74. The van der Waals surface area contributed by atoms with Crippen LogP contribution in [0.4, 0.5) is 0 Å². The number of nitrogens with two attached hydrogens (primary N) is 1. The Bertz CT molecular complexity index is 508. The molecule has 0 aromatic heterocycles. The standard InChI is InChI=1S/C13H20N2O2S2/c1-10(15-8-11-6-7-18-9-11)12-2-4-13(5-3-12)19(14,16)17/h2-5,10-11,15H,6-9H2,1H3,(H2,14,16,17). The minimum Gasteiger partial charge on any atom is -0.310 e. The Hall–Kier alpha value is -0.560. The first kappa shape index (κ1) is 14.8. The zero-order valence-corrected chi connectivity index (χ0v) is 12.6. The number of sulfonamides is 1. The van der Waals surface area contributed by atoms with Crippen LogP contribution in [-0.4, -0.2) is 26.5 Å². The maximum absolute atomic E-state index is 11.2. The van der Waals surface area contributed by atoms with E-state index in [2.05, 4.69) is 12.2 Å². The van der Waals surface area contributed by atoms with E-state index in [0.29, 0.717) is 0 Å². The molecule has 106 valence electrons. The lowest BCUT2D eigenvalue weighted by Gasteiger charge is -2.17. The van der Waals surface area contributed by atoms with E-state index in [1.807, 2.05) is 23.9 Å². The summed E-state index contributed by atoms with van der Waals surface area (Å²) in [5, 5.41) is 8.58. The third-order valence-corrected chi connectivity index (χ3v) is 5.61. The van der Waals surface area contributed by atoms with Crippen LogP contribution in [0.3, 0.4) is 0 Å². The third kappa shape index (κ3) is 4.21. The SMILES string of the molecule is CC(NCC1CCSC1)c1ccc(S(N)(=O)=O)cc1. The van der Waals surface area contributed by atoms with Gasteiger partial charge >= 0.3 is 0 Å². The first-order valence-corrected chi connectivity index (χ1v) is 9.11. The lowest BCUT2D eigenvalue weighted by Crippen LogP contribution is -2.25. The second-order valence-electron chi connectivity index (χ2n) is 4.97. The average Bonchev–Trinajstić information content (AvgIpc) is 2.88. The van der Waals surface area contributed by atoms with Crippen molar-refractivity contribution < 1.29 is 8.42 Å². The van der Waals surface area contributed by atoms with Crippen molar-refractivity contribution >= 4 is 21.8 Å². The monoisotopic (exact) mass is 300 g/mol. The van der Waals surface area contributed by atoms with Gasteiger partial charge in [-0.1, -0.05) is 12.1 Å². The van der Waals surface area contributed by atoms with Gasteiger partial charge in [0.05, 0.1) is 4.90 Å². The van der Waals surface area contributed by atoms with Gasteiger partial charge in [-0.3, -0.25) is 0 Å². The van der Waals surface area contributed by atoms with Gasteiger partial charge in [0, 0.05) is 6.04 Å². The molecule has 19 heavy (non-hydrogen) atoms. The number of nitrogens with one attached hydrogen (secondary N) is 1. The number of hydrogen-bond donors (Lipinski definition) is 2. The smallest absolute Gasteiger partial charge is 0.238 e. The Kier molecular flexibility index (Phi) is 4.89. The number of primary sulfonamides is 1. The molecule has 0 saturated carbocycles. The highest BCUT2D eigenvalue weighted by Crippen LogP contribution is 2.23. The molecule has 2 atom stereocenters. The van der Waals surface area contributed by atoms with E-state index < -0.39 is 10.0 Å². The number of rotatable bonds is 5. The van der Waals surface area contributed by atoms with Crippen LogP contribution < -0.4 is 10.5 Å². The van der Waals surface area contributed by atoms with Gasteiger partial charge in [-0.15, -0.1) is 0 Å². The number of benzene rings is 1. The molecule has 0 bridgehead atoms. The molecule has 3 N–H and O–H groups in total. The molecule has 2 rings (SSSR count). The average molecular weight is 300 g/mol. The Morgan fingerprint density at radius 1 is 1.42 bits per heavy atom. The fraction of sp³-hybridized carbons (Fsp3) is 0.538. The van der Waals surface area contributed by atoms with Gasteiger partial charge in [0.1, 0.15) is 0 Å². The second-order valence-corrected chi connectivity index (χ2v) is 7.68. The summed E-state index contributed by atoms with van der Waals surface area (Å²) < 4.78 is 22.3. The molecule has 0 aliphatic carbocycles. The maximum atomic E-state index is 11.2. The first-order valence-electron chi connectivity index (χ1n) is 6.40. The van der Waals surface area contributed by atoms with Crippen LogP contribution in [0, 0.1) is 5.92 Å². The molecule has 0 radical (unpaired) electrons. The van der Waals surface area contributed by atoms with Crippen LogP contribution >= 0.6 is 11.8 Å². The zero-order valence-electron chi connectivity index (χ0n) is 11.0. The van der Waals surface area contributed by atoms with Crippen LogP contribution in [0.2, 0.25) is 0 Å². The molecule has 1 saturated heterocycles. The van der Waals surface area contributed by atoms with Crippen molar-refractivity contribution in [1.29, 1.82) is 0 Å². The molecule has 0 spiro atoms. The number of hydrogen-bond acceptors (Lipinski definition) is 4. The predicted molar refractivity (Wildman–Crippen MR) is 79.7 cm³/mol. The summed E-state index contributed by atoms with van der Waals surface area (Å²) in [5.74, 6) is 3.27. The summed E-state index contributed by atoms with van der Waals surface area (Å²) >= 11 is 2.01. The van der Waals surface area contributed by atoms with Gasteiger partial charge in [0.25, 0.3) is 0 Å². The highest BCUT2D eigenvalue weighted by atomic mass is 32.2. The van der Waals surface area contributed by atoms with Crippen molar-refractivity contribution in [2.75, 3.05) is 18.1 Å². The topological polar surface area (TPSA) is 72.2 Å². The molecule has 1 fully saturated rings. The lowest BCUT2D eigenvalue weighted by atomic mass is 10.1. The molecular weight excluding hydrogens is 280 g/mol. The lowest BCUT2D eigenvalue weighted by molar-refractivity contribution is 0.477. The van der Waals surface area contributed by atoms with Crippen molar-refractivity contribution in [2.24, 2.45) is 11.1 Å². The van der Waals surface area contributed by atoms with Crippen molar-refractivity contribution in [3.05, 3.63) is 29.8 Å². The molecule has 1 heterocycles. The molecule has 1 aromatic rings. The molecule has 1 aliphatic heterocycles. The molecule has 2 unspecified atom stereocenters. The van der Waals surface area contributed by atoms with E-state index in [0.717, 1.165) is 18.0 Å². The quantitative estimate of drug-likeness (QED) is 0.869. The van der Waals surface area contributed by atoms with Crippen LogP contribution in [0.5, 0.6) is 0 Å². The Labute approximate surface area is 119 Å². The summed E-state index contributed by atoms with van der Waals surface area (Å²) in [6.07, 6.45) is 1.29. The van der Waals surface area contributed by atoms with E-state index in [1.165, 1.54) is 17.9 Å². The van der Waals surface area contributed by atoms with Crippen molar-refractivity contribution in [3.8, 4) is 0 Å². The zero-order chi connectivity index (χ0) is 13.9. The summed E-state index contributed by atoms with van der Waals surface area (Å²) in [5.41, 5.74) is 1.08. The van der Waals surface area contributed by atoms with Crippen LogP contribution in [0.25, 0.3) is 0 Å². The molecule has 0 amide bonds. The first-order chi connectivity index (χ1) is 8.97. The van der Waals surface area contributed by atoms with Gasteiger partial charge in [0.15, 0.2) is 0 Å². The van der Waals surface area contributed by atoms with Crippen molar-refractivity contribution in [2.45, 2.75) is 24.3 Å². The van der Waals surface area contributed by atoms with Crippen LogP contribution in [-0.2, 0) is 10.0 Å². The minimum absolute atomic E-state index is 0.163. The molecule has 1 aromatic carbocycles. The second kappa shape index (κ2) is 6.26. The van der Waals surface area contributed by atoms with Gasteiger partial charge in [-0.05, 0) is 55.0 Å².